The first-order chi connectivity index (χ1) is 10.1. The summed E-state index contributed by atoms with van der Waals surface area (Å²) in [5, 5.41) is 9.76. The maximum absolute atomic E-state index is 13.3. The molecule has 1 atom stereocenters. The van der Waals surface area contributed by atoms with Crippen LogP contribution in [0.2, 0.25) is 0 Å². The van der Waals surface area contributed by atoms with Gasteiger partial charge < -0.3 is 10.0 Å². The summed E-state index contributed by atoms with van der Waals surface area (Å²) >= 11 is 0. The Hall–Kier alpha value is -1.62. The summed E-state index contributed by atoms with van der Waals surface area (Å²) in [5.74, 6) is -0.919. The number of nitrogens with zero attached hydrogens (tertiary/aromatic N) is 2. The van der Waals surface area contributed by atoms with Crippen LogP contribution in [0.3, 0.4) is 0 Å². The van der Waals surface area contributed by atoms with E-state index in [2.05, 4.69) is 4.90 Å². The van der Waals surface area contributed by atoms with Crippen LogP contribution in [-0.2, 0) is 0 Å². The van der Waals surface area contributed by atoms with Crippen molar-refractivity contribution in [1.29, 1.82) is 0 Å². The van der Waals surface area contributed by atoms with Crippen LogP contribution in [0.5, 0.6) is 5.75 Å². The van der Waals surface area contributed by atoms with Crippen LogP contribution in [-0.4, -0.2) is 53.0 Å². The molecule has 0 aliphatic carbocycles. The molecule has 2 aliphatic rings. The monoisotopic (exact) mass is 292 g/mol. The first-order valence-electron chi connectivity index (χ1n) is 7.67. The van der Waals surface area contributed by atoms with Gasteiger partial charge in [-0.3, -0.25) is 9.69 Å². The quantitative estimate of drug-likeness (QED) is 0.909. The van der Waals surface area contributed by atoms with Gasteiger partial charge in [0.25, 0.3) is 5.91 Å². The number of piperidine rings is 1. The molecular formula is C16H21FN2O2. The Balaban J connectivity index is 1.67. The number of hydrogen-bond acceptors (Lipinski definition) is 3. The number of hydrogen-bond donors (Lipinski definition) is 1. The summed E-state index contributed by atoms with van der Waals surface area (Å²) in [4.78, 5) is 16.6. The zero-order chi connectivity index (χ0) is 14.8. The van der Waals surface area contributed by atoms with E-state index in [1.807, 2.05) is 0 Å². The summed E-state index contributed by atoms with van der Waals surface area (Å²) in [6.07, 6.45) is 4.72. The first kappa shape index (κ1) is 14.3. The van der Waals surface area contributed by atoms with Gasteiger partial charge in [0.1, 0.15) is 11.6 Å². The number of phenols is 1. The fraction of sp³-hybridized carbons (Fsp3) is 0.562. The van der Waals surface area contributed by atoms with Gasteiger partial charge in [-0.1, -0.05) is 6.42 Å². The van der Waals surface area contributed by atoms with Crippen LogP contribution < -0.4 is 0 Å². The van der Waals surface area contributed by atoms with Gasteiger partial charge in [-0.05, 0) is 50.6 Å². The molecule has 0 bridgehead atoms. The van der Waals surface area contributed by atoms with Crippen molar-refractivity contribution in [3.8, 4) is 5.75 Å². The highest BCUT2D eigenvalue weighted by Crippen LogP contribution is 2.25. The number of benzene rings is 1. The van der Waals surface area contributed by atoms with Crippen LogP contribution in [0, 0.1) is 5.82 Å². The molecule has 0 spiro atoms. The largest absolute Gasteiger partial charge is 0.507 e. The maximum atomic E-state index is 13.3. The molecule has 1 aromatic rings. The highest BCUT2D eigenvalue weighted by molar-refractivity contribution is 5.97. The Morgan fingerprint density at radius 3 is 2.71 bits per heavy atom. The second-order valence-electron chi connectivity index (χ2n) is 5.95. The number of rotatable bonds is 2. The summed E-state index contributed by atoms with van der Waals surface area (Å²) < 4.78 is 13.3. The minimum Gasteiger partial charge on any atom is -0.507 e. The summed E-state index contributed by atoms with van der Waals surface area (Å²) in [6, 6.07) is 3.92. The Morgan fingerprint density at radius 1 is 1.19 bits per heavy atom. The van der Waals surface area contributed by atoms with E-state index in [1.165, 1.54) is 25.3 Å². The number of amides is 1. The number of carbonyl (C=O) groups is 1. The number of likely N-dealkylation sites (tertiary alicyclic amines) is 2. The third-order valence-electron chi connectivity index (χ3n) is 4.55. The van der Waals surface area contributed by atoms with E-state index in [-0.39, 0.29) is 17.2 Å². The molecule has 1 aromatic carbocycles. The molecule has 0 radical (unpaired) electrons. The van der Waals surface area contributed by atoms with E-state index in [1.54, 1.807) is 4.90 Å². The van der Waals surface area contributed by atoms with Crippen LogP contribution in [0.4, 0.5) is 4.39 Å². The number of carbonyl (C=O) groups excluding carboxylic acids is 1. The Kier molecular flexibility index (Phi) is 4.10. The Morgan fingerprint density at radius 2 is 1.95 bits per heavy atom. The predicted molar refractivity (Wildman–Crippen MR) is 77.8 cm³/mol. The van der Waals surface area contributed by atoms with Crippen molar-refractivity contribution in [2.24, 2.45) is 0 Å². The average Bonchev–Trinajstić information content (AvgIpc) is 3.00. The Bertz CT molecular complexity index is 529. The lowest BCUT2D eigenvalue weighted by atomic mass is 10.1. The predicted octanol–water partition coefficient (Wildman–Crippen LogP) is 2.23. The van der Waals surface area contributed by atoms with Crippen LogP contribution >= 0.6 is 0 Å². The van der Waals surface area contributed by atoms with Gasteiger partial charge in [0, 0.05) is 19.1 Å². The van der Waals surface area contributed by atoms with Crippen LogP contribution in [0.1, 0.15) is 36.0 Å². The molecule has 1 N–H and O–H groups in total. The molecule has 21 heavy (non-hydrogen) atoms. The third kappa shape index (κ3) is 3.02. The smallest absolute Gasteiger partial charge is 0.257 e. The molecule has 5 heteroatoms. The molecule has 3 rings (SSSR count). The minimum atomic E-state index is -0.497. The van der Waals surface area contributed by atoms with Crippen molar-refractivity contribution >= 4 is 5.91 Å². The normalized spacial score (nSPS) is 23.5. The summed E-state index contributed by atoms with van der Waals surface area (Å²) in [6.45, 7) is 3.57. The van der Waals surface area contributed by atoms with Crippen molar-refractivity contribution in [3.63, 3.8) is 0 Å². The molecule has 2 heterocycles. The fourth-order valence-corrected chi connectivity index (χ4v) is 3.36. The van der Waals surface area contributed by atoms with Crippen molar-refractivity contribution in [2.45, 2.75) is 31.7 Å². The second-order valence-corrected chi connectivity index (χ2v) is 5.95. The van der Waals surface area contributed by atoms with Gasteiger partial charge in [-0.15, -0.1) is 0 Å². The molecule has 2 aliphatic heterocycles. The van der Waals surface area contributed by atoms with Gasteiger partial charge in [0.15, 0.2) is 0 Å². The van der Waals surface area contributed by atoms with Crippen molar-refractivity contribution in [2.75, 3.05) is 26.2 Å². The Labute approximate surface area is 124 Å². The molecule has 0 saturated carbocycles. The van der Waals surface area contributed by atoms with E-state index < -0.39 is 5.82 Å². The second kappa shape index (κ2) is 6.02. The maximum Gasteiger partial charge on any atom is 0.257 e. The van der Waals surface area contributed by atoms with E-state index in [9.17, 15) is 14.3 Å². The lowest BCUT2D eigenvalue weighted by Crippen LogP contribution is -2.41. The van der Waals surface area contributed by atoms with Gasteiger partial charge in [-0.25, -0.2) is 4.39 Å². The molecule has 4 nitrogen and oxygen atoms in total. The van der Waals surface area contributed by atoms with Crippen molar-refractivity contribution < 1.29 is 14.3 Å². The molecule has 114 valence electrons. The first-order valence-corrected chi connectivity index (χ1v) is 7.67. The highest BCUT2D eigenvalue weighted by Gasteiger charge is 2.32. The van der Waals surface area contributed by atoms with Crippen LogP contribution in [0.15, 0.2) is 18.2 Å². The average molecular weight is 292 g/mol. The SMILES string of the molecule is O=C(c1cc(F)ccc1O)N1CCC(N2CCCCC2)C1. The minimum absolute atomic E-state index is 0.0642. The standard InChI is InChI=1S/C16H21FN2O2/c17-12-4-5-15(20)14(10-12)16(21)19-9-6-13(11-19)18-7-2-1-3-8-18/h4-5,10,13,20H,1-3,6-9,11H2. The van der Waals surface area contributed by atoms with Gasteiger partial charge in [0.05, 0.1) is 5.56 Å². The van der Waals surface area contributed by atoms with Crippen molar-refractivity contribution in [1.82, 2.24) is 9.80 Å². The van der Waals surface area contributed by atoms with E-state index in [0.717, 1.165) is 31.6 Å². The zero-order valence-corrected chi connectivity index (χ0v) is 12.1. The van der Waals surface area contributed by atoms with Crippen molar-refractivity contribution in [3.05, 3.63) is 29.6 Å². The lowest BCUT2D eigenvalue weighted by Gasteiger charge is -2.32. The van der Waals surface area contributed by atoms with E-state index >= 15 is 0 Å². The molecule has 2 saturated heterocycles. The fourth-order valence-electron chi connectivity index (χ4n) is 3.36. The third-order valence-corrected chi connectivity index (χ3v) is 4.55. The van der Waals surface area contributed by atoms with Gasteiger partial charge >= 0.3 is 0 Å². The highest BCUT2D eigenvalue weighted by atomic mass is 19.1. The number of aromatic hydroxyl groups is 1. The molecule has 2 fully saturated rings. The van der Waals surface area contributed by atoms with E-state index in [0.29, 0.717) is 19.1 Å². The van der Waals surface area contributed by atoms with Gasteiger partial charge in [-0.2, -0.15) is 0 Å². The van der Waals surface area contributed by atoms with E-state index in [4.69, 9.17) is 0 Å². The summed E-state index contributed by atoms with van der Waals surface area (Å²) in [7, 11) is 0. The molecule has 1 amide bonds. The number of phenolic OH excluding ortho intramolecular Hbond substituents is 1. The molecule has 0 aromatic heterocycles. The number of halogens is 1. The zero-order valence-electron chi connectivity index (χ0n) is 12.1. The van der Waals surface area contributed by atoms with Gasteiger partial charge in [0.2, 0.25) is 0 Å². The molecule has 1 unspecified atom stereocenters. The molecular weight excluding hydrogens is 271 g/mol. The summed E-state index contributed by atoms with van der Waals surface area (Å²) in [5.41, 5.74) is 0.0642. The van der Waals surface area contributed by atoms with Crippen LogP contribution in [0.25, 0.3) is 0 Å². The lowest BCUT2D eigenvalue weighted by molar-refractivity contribution is 0.0768. The topological polar surface area (TPSA) is 43.8 Å².